The maximum atomic E-state index is 10.3. The molecule has 3 nitrogen and oxygen atoms in total. The zero-order valence-corrected chi connectivity index (χ0v) is 8.13. The highest BCUT2D eigenvalue weighted by atomic mass is 32.2. The summed E-state index contributed by atoms with van der Waals surface area (Å²) in [6.45, 7) is 6.86. The predicted molar refractivity (Wildman–Crippen MR) is 50.7 cm³/mol. The summed E-state index contributed by atoms with van der Waals surface area (Å²) < 4.78 is 0. The second-order valence-electron chi connectivity index (χ2n) is 1.54. The van der Waals surface area contributed by atoms with Crippen molar-refractivity contribution in [1.82, 2.24) is 0 Å². The summed E-state index contributed by atoms with van der Waals surface area (Å²) >= 11 is 0.880. The minimum Gasteiger partial charge on any atom is -0.298 e. The molecular weight excluding hydrogens is 160 g/mol. The smallest absolute Gasteiger partial charge is 0.184 e. The lowest BCUT2D eigenvalue weighted by Gasteiger charge is -1.93. The van der Waals surface area contributed by atoms with Crippen LogP contribution in [0.2, 0.25) is 0 Å². The lowest BCUT2D eigenvalue weighted by Crippen LogP contribution is -2.04. The number of ketones is 1. The zero-order chi connectivity index (χ0) is 9.44. The van der Waals surface area contributed by atoms with Crippen LogP contribution in [0, 0.1) is 10.8 Å². The van der Waals surface area contributed by atoms with Crippen molar-refractivity contribution in [1.29, 1.82) is 10.8 Å². The number of Topliss-reactive ketones (excluding diaryl/α,β-unsaturated/α-hetero) is 1. The van der Waals surface area contributed by atoms with Gasteiger partial charge in [0.1, 0.15) is 5.04 Å². The van der Waals surface area contributed by atoms with Crippen molar-refractivity contribution < 1.29 is 4.79 Å². The minimum absolute atomic E-state index is 0.0671. The summed E-state index contributed by atoms with van der Waals surface area (Å²) in [7, 11) is 0. The molecule has 0 rings (SSSR count). The summed E-state index contributed by atoms with van der Waals surface area (Å²) in [4.78, 5) is 10.3. The average molecular weight is 174 g/mol. The Bertz CT molecular complexity index is 166. The summed E-state index contributed by atoms with van der Waals surface area (Å²) in [6.07, 6.45) is 0. The van der Waals surface area contributed by atoms with E-state index in [0.29, 0.717) is 0 Å². The van der Waals surface area contributed by atoms with Crippen molar-refractivity contribution in [3.8, 4) is 0 Å². The molecule has 11 heavy (non-hydrogen) atoms. The van der Waals surface area contributed by atoms with Gasteiger partial charge >= 0.3 is 0 Å². The highest BCUT2D eigenvalue weighted by Crippen LogP contribution is 2.03. The summed E-state index contributed by atoms with van der Waals surface area (Å²) in [5.74, 6) is -0.286. The molecule has 0 aliphatic heterocycles. The molecule has 0 atom stereocenters. The Morgan fingerprint density at radius 2 is 1.55 bits per heavy atom. The van der Waals surface area contributed by atoms with Crippen molar-refractivity contribution in [2.24, 2.45) is 0 Å². The van der Waals surface area contributed by atoms with Gasteiger partial charge in [-0.05, 0) is 6.92 Å². The molecule has 0 saturated heterocycles. The van der Waals surface area contributed by atoms with E-state index >= 15 is 0 Å². The summed E-state index contributed by atoms with van der Waals surface area (Å²) in [6, 6.07) is 0. The normalized spacial score (nSPS) is 7.64. The van der Waals surface area contributed by atoms with Gasteiger partial charge in [-0.25, -0.2) is 0 Å². The number of hydrogen-bond acceptors (Lipinski definition) is 4. The number of rotatable bonds is 1. The van der Waals surface area contributed by atoms with Gasteiger partial charge in [0.05, 0.1) is 5.04 Å². The van der Waals surface area contributed by atoms with Crippen molar-refractivity contribution >= 4 is 27.6 Å². The Balaban J connectivity index is 0. The molecule has 4 heteroatoms. The molecule has 0 aromatic rings. The topological polar surface area (TPSA) is 64.8 Å². The Kier molecular flexibility index (Phi) is 8.82. The number of carbonyl (C=O) groups excluding carboxylic acids is 1. The van der Waals surface area contributed by atoms with Gasteiger partial charge in [0.25, 0.3) is 0 Å². The molecule has 0 radical (unpaired) electrons. The number of nitrogens with one attached hydrogen (secondary N) is 2. The zero-order valence-electron chi connectivity index (χ0n) is 7.32. The molecule has 0 spiro atoms. The highest BCUT2D eigenvalue weighted by molar-refractivity contribution is 8.27. The molecule has 0 heterocycles. The highest BCUT2D eigenvalue weighted by Gasteiger charge is 2.03. The summed E-state index contributed by atoms with van der Waals surface area (Å²) in [5.41, 5.74) is 0. The van der Waals surface area contributed by atoms with Gasteiger partial charge in [0.2, 0.25) is 0 Å². The first-order valence-electron chi connectivity index (χ1n) is 3.36. The number of thioether (sulfide) groups is 1. The Hall–Kier alpha value is -0.640. The van der Waals surface area contributed by atoms with E-state index in [1.54, 1.807) is 6.92 Å². The van der Waals surface area contributed by atoms with Crippen LogP contribution in [0.5, 0.6) is 0 Å². The van der Waals surface area contributed by atoms with Gasteiger partial charge in [0, 0.05) is 6.92 Å². The molecule has 0 aromatic carbocycles. The molecule has 2 N–H and O–H groups in total. The molecule has 0 unspecified atom stereocenters. The van der Waals surface area contributed by atoms with E-state index in [0.717, 1.165) is 11.8 Å². The molecule has 64 valence electrons. The van der Waals surface area contributed by atoms with E-state index in [1.165, 1.54) is 6.92 Å². The summed E-state index contributed by atoms with van der Waals surface area (Å²) in [5, 5.41) is 14.0. The van der Waals surface area contributed by atoms with Gasteiger partial charge in [-0.3, -0.25) is 15.6 Å². The van der Waals surface area contributed by atoms with Crippen LogP contribution < -0.4 is 0 Å². The van der Waals surface area contributed by atoms with Crippen molar-refractivity contribution in [2.45, 2.75) is 27.7 Å². The van der Waals surface area contributed by atoms with Crippen LogP contribution in [-0.2, 0) is 4.79 Å². The second-order valence-corrected chi connectivity index (χ2v) is 2.77. The maximum absolute atomic E-state index is 10.3. The van der Waals surface area contributed by atoms with Crippen LogP contribution in [0.4, 0.5) is 0 Å². The molecule has 0 saturated carbocycles. The van der Waals surface area contributed by atoms with E-state index in [-0.39, 0.29) is 15.9 Å². The van der Waals surface area contributed by atoms with Crippen LogP contribution in [0.3, 0.4) is 0 Å². The van der Waals surface area contributed by atoms with E-state index in [1.807, 2.05) is 13.8 Å². The minimum atomic E-state index is -0.286. The molecular formula is C7H14N2OS. The van der Waals surface area contributed by atoms with Gasteiger partial charge in [0.15, 0.2) is 5.78 Å². The predicted octanol–water partition coefficient (Wildman–Crippen LogP) is 2.31. The number of hydrogen-bond donors (Lipinski definition) is 2. The van der Waals surface area contributed by atoms with E-state index < -0.39 is 0 Å². The second kappa shape index (κ2) is 7.47. The molecule has 0 aliphatic rings. The quantitative estimate of drug-likeness (QED) is 0.473. The third-order valence-electron chi connectivity index (χ3n) is 0.575. The maximum Gasteiger partial charge on any atom is 0.184 e. The monoisotopic (exact) mass is 174 g/mol. The molecule has 0 aliphatic carbocycles. The average Bonchev–Trinajstić information content (AvgIpc) is 1.90. The first-order chi connectivity index (χ1) is 5.04. The fourth-order valence-corrected chi connectivity index (χ4v) is 0.675. The SMILES string of the molecule is CC.CC(=N)SC(=N)C(C)=O. The van der Waals surface area contributed by atoms with Gasteiger partial charge in [-0.1, -0.05) is 25.6 Å². The van der Waals surface area contributed by atoms with Crippen LogP contribution in [0.25, 0.3) is 0 Å². The Morgan fingerprint density at radius 3 is 1.64 bits per heavy atom. The molecule has 0 bridgehead atoms. The first-order valence-corrected chi connectivity index (χ1v) is 4.18. The van der Waals surface area contributed by atoms with E-state index in [4.69, 9.17) is 10.8 Å². The van der Waals surface area contributed by atoms with Crippen LogP contribution in [-0.4, -0.2) is 15.9 Å². The lowest BCUT2D eigenvalue weighted by atomic mass is 10.5. The Labute approximate surface area is 71.6 Å². The first kappa shape index (κ1) is 13.0. The standard InChI is InChI=1S/C5H8N2OS.C2H6/c1-3(8)5(7)9-4(2)6;1-2/h6-7H,1-2H3;1-2H3. The van der Waals surface area contributed by atoms with E-state index in [9.17, 15) is 4.79 Å². The molecule has 0 amide bonds. The van der Waals surface area contributed by atoms with Gasteiger partial charge in [-0.2, -0.15) is 0 Å². The van der Waals surface area contributed by atoms with Crippen LogP contribution >= 0.6 is 11.8 Å². The van der Waals surface area contributed by atoms with Crippen molar-refractivity contribution in [2.75, 3.05) is 0 Å². The fourth-order valence-electron chi connectivity index (χ4n) is 0.225. The largest absolute Gasteiger partial charge is 0.298 e. The number of carbonyl (C=O) groups is 1. The van der Waals surface area contributed by atoms with Crippen molar-refractivity contribution in [3.05, 3.63) is 0 Å². The van der Waals surface area contributed by atoms with Gasteiger partial charge < -0.3 is 0 Å². The lowest BCUT2D eigenvalue weighted by molar-refractivity contribution is -0.110. The van der Waals surface area contributed by atoms with Crippen LogP contribution in [0.1, 0.15) is 27.7 Å². The fraction of sp³-hybridized carbons (Fsp3) is 0.571. The molecule has 0 fully saturated rings. The van der Waals surface area contributed by atoms with E-state index in [2.05, 4.69) is 0 Å². The van der Waals surface area contributed by atoms with Crippen LogP contribution in [0.15, 0.2) is 0 Å². The Morgan fingerprint density at radius 1 is 1.18 bits per heavy atom. The third kappa shape index (κ3) is 9.36. The molecule has 0 aromatic heterocycles. The van der Waals surface area contributed by atoms with Gasteiger partial charge in [-0.15, -0.1) is 0 Å². The van der Waals surface area contributed by atoms with Crippen molar-refractivity contribution in [3.63, 3.8) is 0 Å². The third-order valence-corrected chi connectivity index (χ3v) is 1.37.